The van der Waals surface area contributed by atoms with Crippen molar-refractivity contribution in [2.45, 2.75) is 36.6 Å². The summed E-state index contributed by atoms with van der Waals surface area (Å²) in [4.78, 5) is 4.28. The van der Waals surface area contributed by atoms with Gasteiger partial charge in [-0.1, -0.05) is 25.1 Å². The fraction of sp³-hybridized carbons (Fsp3) is 0.818. The van der Waals surface area contributed by atoms with E-state index in [-0.39, 0.29) is 0 Å². The van der Waals surface area contributed by atoms with Crippen molar-refractivity contribution < 1.29 is 0 Å². The zero-order valence-corrected chi connectivity index (χ0v) is 10.8. The highest BCUT2D eigenvalue weighted by atomic mass is 32.2. The summed E-state index contributed by atoms with van der Waals surface area (Å²) in [5.41, 5.74) is 5.85. The third kappa shape index (κ3) is 2.58. The van der Waals surface area contributed by atoms with Gasteiger partial charge in [-0.3, -0.25) is 0 Å². The topological polar surface area (TPSA) is 56.7 Å². The van der Waals surface area contributed by atoms with E-state index in [1.807, 2.05) is 23.5 Å². The molecule has 0 saturated heterocycles. The van der Waals surface area contributed by atoms with Crippen LogP contribution in [-0.4, -0.2) is 26.6 Å². The highest BCUT2D eigenvalue weighted by Gasteiger charge is 2.29. The van der Waals surface area contributed by atoms with Crippen molar-refractivity contribution in [1.82, 2.24) is 14.8 Å². The van der Waals surface area contributed by atoms with Crippen LogP contribution in [0.5, 0.6) is 0 Å². The largest absolute Gasteiger partial charge is 0.330 e. The van der Waals surface area contributed by atoms with Crippen LogP contribution in [-0.2, 0) is 7.05 Å². The Labute approximate surface area is 101 Å². The maximum atomic E-state index is 5.85. The minimum Gasteiger partial charge on any atom is -0.330 e. The Morgan fingerprint density at radius 2 is 2.38 bits per heavy atom. The Morgan fingerprint density at radius 3 is 3.00 bits per heavy atom. The van der Waals surface area contributed by atoms with Crippen molar-refractivity contribution in [1.29, 1.82) is 0 Å². The molecule has 90 valence electrons. The third-order valence-corrected chi connectivity index (χ3v) is 4.88. The molecule has 0 aromatic carbocycles. The van der Waals surface area contributed by atoms with Crippen LogP contribution in [0.4, 0.5) is 0 Å². The highest BCUT2D eigenvalue weighted by molar-refractivity contribution is 7.99. The number of thioether (sulfide) groups is 1. The monoisotopic (exact) mass is 240 g/mol. The Balaban J connectivity index is 2.03. The number of hydrogen-bond donors (Lipinski definition) is 1. The molecule has 5 heteroatoms. The van der Waals surface area contributed by atoms with Crippen molar-refractivity contribution >= 4 is 11.8 Å². The van der Waals surface area contributed by atoms with E-state index in [4.69, 9.17) is 5.73 Å². The summed E-state index contributed by atoms with van der Waals surface area (Å²) >= 11 is 1.84. The predicted molar refractivity (Wildman–Crippen MR) is 66.2 cm³/mol. The Bertz CT molecular complexity index is 338. The van der Waals surface area contributed by atoms with Crippen LogP contribution in [0.25, 0.3) is 0 Å². The molecule has 1 aliphatic rings. The van der Waals surface area contributed by atoms with E-state index in [2.05, 4.69) is 17.0 Å². The summed E-state index contributed by atoms with van der Waals surface area (Å²) in [6, 6.07) is 0. The van der Waals surface area contributed by atoms with E-state index in [0.29, 0.717) is 11.2 Å². The van der Waals surface area contributed by atoms with Crippen LogP contribution in [0.15, 0.2) is 11.5 Å². The first-order valence-electron chi connectivity index (χ1n) is 5.91. The van der Waals surface area contributed by atoms with Crippen LogP contribution in [0.2, 0.25) is 0 Å². The van der Waals surface area contributed by atoms with Gasteiger partial charge in [0.2, 0.25) is 0 Å². The van der Waals surface area contributed by atoms with Gasteiger partial charge in [-0.2, -0.15) is 5.10 Å². The molecule has 4 nitrogen and oxygen atoms in total. The van der Waals surface area contributed by atoms with Gasteiger partial charge in [0.05, 0.1) is 0 Å². The molecule has 1 aromatic rings. The number of nitrogens with zero attached hydrogens (tertiary/aromatic N) is 3. The van der Waals surface area contributed by atoms with Gasteiger partial charge in [0.25, 0.3) is 0 Å². The average molecular weight is 240 g/mol. The van der Waals surface area contributed by atoms with Gasteiger partial charge in [0.1, 0.15) is 6.33 Å². The van der Waals surface area contributed by atoms with Crippen molar-refractivity contribution in [2.24, 2.45) is 24.6 Å². The van der Waals surface area contributed by atoms with E-state index >= 15 is 0 Å². The average Bonchev–Trinajstić information content (AvgIpc) is 2.65. The number of hydrogen-bond acceptors (Lipinski definition) is 4. The molecule has 1 fully saturated rings. The summed E-state index contributed by atoms with van der Waals surface area (Å²) in [7, 11) is 1.94. The molecule has 0 bridgehead atoms. The van der Waals surface area contributed by atoms with Crippen LogP contribution < -0.4 is 5.73 Å². The number of nitrogens with two attached hydrogens (primary N) is 1. The second kappa shape index (κ2) is 5.19. The van der Waals surface area contributed by atoms with Crippen LogP contribution in [0.3, 0.4) is 0 Å². The van der Waals surface area contributed by atoms with Crippen LogP contribution in [0.1, 0.15) is 26.2 Å². The van der Waals surface area contributed by atoms with Crippen LogP contribution >= 0.6 is 11.8 Å². The highest BCUT2D eigenvalue weighted by Crippen LogP contribution is 2.38. The van der Waals surface area contributed by atoms with Crippen molar-refractivity contribution in [3.63, 3.8) is 0 Å². The first-order chi connectivity index (χ1) is 7.70. The summed E-state index contributed by atoms with van der Waals surface area (Å²) in [5, 5.41) is 5.73. The number of aryl methyl sites for hydroxylation is 1. The molecule has 3 atom stereocenters. The van der Waals surface area contributed by atoms with Gasteiger partial charge in [0.15, 0.2) is 5.16 Å². The smallest absolute Gasteiger partial charge is 0.186 e. The van der Waals surface area contributed by atoms with Gasteiger partial charge in [-0.25, -0.2) is 9.67 Å². The van der Waals surface area contributed by atoms with E-state index in [1.54, 1.807) is 6.33 Å². The Hall–Kier alpha value is -0.550. The molecule has 2 rings (SSSR count). The maximum absolute atomic E-state index is 5.85. The Kier molecular flexibility index (Phi) is 3.86. The zero-order valence-electron chi connectivity index (χ0n) is 9.97. The second-order valence-corrected chi connectivity index (χ2v) is 5.94. The standard InChI is InChI=1S/C11H20N4S/c1-8-3-4-9(6-12)10(5-8)16-11-13-7-14-15(11)2/h7-10H,3-6,12H2,1-2H3. The molecule has 0 amide bonds. The van der Waals surface area contributed by atoms with E-state index in [1.165, 1.54) is 19.3 Å². The quantitative estimate of drug-likeness (QED) is 0.873. The summed E-state index contributed by atoms with van der Waals surface area (Å²) in [6.45, 7) is 3.12. The molecule has 0 aliphatic heterocycles. The minimum atomic E-state index is 0.608. The summed E-state index contributed by atoms with van der Waals surface area (Å²) in [6.07, 6.45) is 5.44. The van der Waals surface area contributed by atoms with E-state index in [9.17, 15) is 0 Å². The lowest BCUT2D eigenvalue weighted by Gasteiger charge is -2.33. The normalized spacial score (nSPS) is 30.6. The van der Waals surface area contributed by atoms with Crippen molar-refractivity contribution in [3.05, 3.63) is 6.33 Å². The third-order valence-electron chi connectivity index (χ3n) is 3.42. The first-order valence-corrected chi connectivity index (χ1v) is 6.79. The van der Waals surface area contributed by atoms with E-state index < -0.39 is 0 Å². The van der Waals surface area contributed by atoms with E-state index in [0.717, 1.165) is 17.6 Å². The fourth-order valence-corrected chi connectivity index (χ4v) is 3.78. The molecule has 3 unspecified atom stereocenters. The molecule has 16 heavy (non-hydrogen) atoms. The van der Waals surface area contributed by atoms with Crippen molar-refractivity contribution in [2.75, 3.05) is 6.54 Å². The van der Waals surface area contributed by atoms with Gasteiger partial charge >= 0.3 is 0 Å². The molecule has 0 spiro atoms. The van der Waals surface area contributed by atoms with Gasteiger partial charge in [-0.15, -0.1) is 0 Å². The molecular formula is C11H20N4S. The lowest BCUT2D eigenvalue weighted by Crippen LogP contribution is -2.31. The molecular weight excluding hydrogens is 220 g/mol. The van der Waals surface area contributed by atoms with Gasteiger partial charge < -0.3 is 5.73 Å². The second-order valence-electron chi connectivity index (χ2n) is 4.74. The fourth-order valence-electron chi connectivity index (χ4n) is 2.33. The van der Waals surface area contributed by atoms with Crippen LogP contribution in [0, 0.1) is 11.8 Å². The summed E-state index contributed by atoms with van der Waals surface area (Å²) in [5.74, 6) is 1.45. The molecule has 2 N–H and O–H groups in total. The summed E-state index contributed by atoms with van der Waals surface area (Å²) < 4.78 is 1.84. The molecule has 1 heterocycles. The Morgan fingerprint density at radius 1 is 1.56 bits per heavy atom. The van der Waals surface area contributed by atoms with Crippen molar-refractivity contribution in [3.8, 4) is 0 Å². The predicted octanol–water partition coefficient (Wildman–Crippen LogP) is 1.67. The van der Waals surface area contributed by atoms with Gasteiger partial charge in [0, 0.05) is 12.3 Å². The SMILES string of the molecule is CC1CCC(CN)C(Sc2ncnn2C)C1. The molecule has 0 radical (unpaired) electrons. The molecule has 1 saturated carbocycles. The minimum absolute atomic E-state index is 0.608. The lowest BCUT2D eigenvalue weighted by atomic mass is 9.82. The molecule has 1 aliphatic carbocycles. The number of rotatable bonds is 3. The number of aromatic nitrogens is 3. The maximum Gasteiger partial charge on any atom is 0.186 e. The van der Waals surface area contributed by atoms with Gasteiger partial charge in [-0.05, 0) is 31.2 Å². The zero-order chi connectivity index (χ0) is 11.5. The molecule has 1 aromatic heterocycles. The first kappa shape index (κ1) is 11.9. The lowest BCUT2D eigenvalue weighted by molar-refractivity contribution is 0.305.